The molecule has 1 aromatic carbocycles. The Morgan fingerprint density at radius 2 is 2.00 bits per heavy atom. The van der Waals surface area contributed by atoms with Crippen LogP contribution in [-0.4, -0.2) is 5.11 Å². The van der Waals surface area contributed by atoms with Gasteiger partial charge in [0.15, 0.2) is 0 Å². The highest BCUT2D eigenvalue weighted by atomic mass is 35.5. The lowest BCUT2D eigenvalue weighted by Crippen LogP contribution is -2.14. The van der Waals surface area contributed by atoms with Gasteiger partial charge in [0.25, 0.3) is 0 Å². The van der Waals surface area contributed by atoms with Gasteiger partial charge in [0, 0.05) is 0 Å². The minimum Gasteiger partial charge on any atom is -0.388 e. The van der Waals surface area contributed by atoms with Gasteiger partial charge in [-0.3, -0.25) is 0 Å². The molecule has 2 fully saturated rings. The molecule has 2 aliphatic rings. The van der Waals surface area contributed by atoms with Crippen LogP contribution in [0.3, 0.4) is 0 Å². The normalized spacial score (nSPS) is 31.8. The van der Waals surface area contributed by atoms with Crippen LogP contribution in [0.15, 0.2) is 18.2 Å². The third kappa shape index (κ3) is 2.41. The second-order valence-corrected chi connectivity index (χ2v) is 6.67. The third-order valence-corrected chi connectivity index (χ3v) is 5.48. The van der Waals surface area contributed by atoms with Crippen LogP contribution in [-0.2, 0) is 0 Å². The minimum absolute atomic E-state index is 0.399. The largest absolute Gasteiger partial charge is 0.388 e. The van der Waals surface area contributed by atoms with Crippen LogP contribution in [0.25, 0.3) is 0 Å². The highest BCUT2D eigenvalue weighted by molar-refractivity contribution is 6.42. The molecule has 2 saturated carbocycles. The fourth-order valence-corrected chi connectivity index (χ4v) is 4.11. The van der Waals surface area contributed by atoms with Gasteiger partial charge in [0.05, 0.1) is 16.1 Å². The van der Waals surface area contributed by atoms with Crippen LogP contribution in [0, 0.1) is 17.8 Å². The Balaban J connectivity index is 1.67. The SMILES string of the molecule is OC(CC1CC2CCC1C2)c1ccc(Cl)c(Cl)c1. The molecule has 2 aliphatic carbocycles. The summed E-state index contributed by atoms with van der Waals surface area (Å²) in [6.45, 7) is 0. The Kier molecular flexibility index (Phi) is 3.57. The molecule has 4 unspecified atom stereocenters. The fourth-order valence-electron chi connectivity index (χ4n) is 3.81. The first kappa shape index (κ1) is 12.8. The van der Waals surface area contributed by atoms with E-state index in [0.717, 1.165) is 23.8 Å². The van der Waals surface area contributed by atoms with Crippen molar-refractivity contribution in [2.24, 2.45) is 17.8 Å². The van der Waals surface area contributed by atoms with Gasteiger partial charge in [0.1, 0.15) is 0 Å². The average molecular weight is 285 g/mol. The number of benzene rings is 1. The first-order valence-corrected chi connectivity index (χ1v) is 7.52. The van der Waals surface area contributed by atoms with Crippen molar-refractivity contribution in [1.82, 2.24) is 0 Å². The Labute approximate surface area is 118 Å². The molecule has 3 heteroatoms. The van der Waals surface area contributed by atoms with Crippen molar-refractivity contribution in [2.75, 3.05) is 0 Å². The van der Waals surface area contributed by atoms with Crippen LogP contribution in [0.1, 0.15) is 43.8 Å². The summed E-state index contributed by atoms with van der Waals surface area (Å²) in [4.78, 5) is 0. The van der Waals surface area contributed by atoms with E-state index >= 15 is 0 Å². The molecule has 98 valence electrons. The van der Waals surface area contributed by atoms with E-state index in [1.807, 2.05) is 6.07 Å². The van der Waals surface area contributed by atoms with E-state index in [-0.39, 0.29) is 0 Å². The maximum Gasteiger partial charge on any atom is 0.0793 e. The van der Waals surface area contributed by atoms with Crippen LogP contribution < -0.4 is 0 Å². The van der Waals surface area contributed by atoms with E-state index in [0.29, 0.717) is 16.0 Å². The summed E-state index contributed by atoms with van der Waals surface area (Å²) in [6, 6.07) is 5.44. The molecule has 3 rings (SSSR count). The molecule has 0 heterocycles. The summed E-state index contributed by atoms with van der Waals surface area (Å²) in [5.74, 6) is 2.49. The van der Waals surface area contributed by atoms with Crippen LogP contribution >= 0.6 is 23.2 Å². The van der Waals surface area contributed by atoms with E-state index in [9.17, 15) is 5.11 Å². The second kappa shape index (κ2) is 5.03. The molecule has 0 aromatic heterocycles. The van der Waals surface area contributed by atoms with Gasteiger partial charge in [0.2, 0.25) is 0 Å². The summed E-state index contributed by atoms with van der Waals surface area (Å²) in [6.07, 6.45) is 5.94. The molecule has 0 amide bonds. The Morgan fingerprint density at radius 1 is 1.17 bits per heavy atom. The second-order valence-electron chi connectivity index (χ2n) is 5.86. The Morgan fingerprint density at radius 3 is 2.61 bits per heavy atom. The van der Waals surface area contributed by atoms with Crippen molar-refractivity contribution in [1.29, 1.82) is 0 Å². The first-order valence-electron chi connectivity index (χ1n) is 6.76. The van der Waals surface area contributed by atoms with Gasteiger partial charge in [-0.2, -0.15) is 0 Å². The predicted molar refractivity (Wildman–Crippen MR) is 75.0 cm³/mol. The number of fused-ring (bicyclic) bond motifs is 2. The lowest BCUT2D eigenvalue weighted by atomic mass is 9.83. The summed E-state index contributed by atoms with van der Waals surface area (Å²) in [7, 11) is 0. The van der Waals surface area contributed by atoms with Crippen molar-refractivity contribution in [2.45, 2.75) is 38.2 Å². The van der Waals surface area contributed by atoms with E-state index < -0.39 is 6.10 Å². The highest BCUT2D eigenvalue weighted by Gasteiger charge is 2.40. The van der Waals surface area contributed by atoms with Gasteiger partial charge in [-0.05, 0) is 61.1 Å². The van der Waals surface area contributed by atoms with E-state index in [1.54, 1.807) is 12.1 Å². The van der Waals surface area contributed by atoms with E-state index in [1.165, 1.54) is 25.7 Å². The van der Waals surface area contributed by atoms with Crippen LogP contribution in [0.4, 0.5) is 0 Å². The zero-order chi connectivity index (χ0) is 12.7. The van der Waals surface area contributed by atoms with Crippen molar-refractivity contribution in [3.8, 4) is 0 Å². The van der Waals surface area contributed by atoms with E-state index in [4.69, 9.17) is 23.2 Å². The minimum atomic E-state index is -0.399. The molecule has 0 radical (unpaired) electrons. The molecule has 4 atom stereocenters. The standard InChI is InChI=1S/C15H18Cl2O/c16-13-4-3-11(7-14(13)17)15(18)8-12-6-9-1-2-10(12)5-9/h3-4,7,9-10,12,15,18H,1-2,5-6,8H2. The molecule has 1 N–H and O–H groups in total. The van der Waals surface area contributed by atoms with Gasteiger partial charge in [-0.25, -0.2) is 0 Å². The van der Waals surface area contributed by atoms with Crippen molar-refractivity contribution >= 4 is 23.2 Å². The lowest BCUT2D eigenvalue weighted by molar-refractivity contribution is 0.125. The smallest absolute Gasteiger partial charge is 0.0793 e. The average Bonchev–Trinajstić information content (AvgIpc) is 2.94. The number of hydrogen-bond donors (Lipinski definition) is 1. The molecule has 18 heavy (non-hydrogen) atoms. The zero-order valence-electron chi connectivity index (χ0n) is 10.3. The first-order chi connectivity index (χ1) is 8.63. The molecule has 2 bridgehead atoms. The number of rotatable bonds is 3. The number of aliphatic hydroxyl groups is 1. The molecular weight excluding hydrogens is 267 g/mol. The fraction of sp³-hybridized carbons (Fsp3) is 0.600. The summed E-state index contributed by atoms with van der Waals surface area (Å²) in [5.41, 5.74) is 0.896. The van der Waals surface area contributed by atoms with Crippen LogP contribution in [0.5, 0.6) is 0 Å². The number of aliphatic hydroxyl groups excluding tert-OH is 1. The molecule has 1 aromatic rings. The summed E-state index contributed by atoms with van der Waals surface area (Å²) < 4.78 is 0. The lowest BCUT2D eigenvalue weighted by Gasteiger charge is -2.24. The Hall–Kier alpha value is -0.240. The topological polar surface area (TPSA) is 20.2 Å². The van der Waals surface area contributed by atoms with Gasteiger partial charge in [-0.15, -0.1) is 0 Å². The third-order valence-electron chi connectivity index (χ3n) is 4.74. The number of halogens is 2. The molecule has 1 nitrogen and oxygen atoms in total. The molecule has 0 saturated heterocycles. The molecule has 0 aliphatic heterocycles. The molecular formula is C15H18Cl2O. The van der Waals surface area contributed by atoms with Crippen LogP contribution in [0.2, 0.25) is 10.0 Å². The zero-order valence-corrected chi connectivity index (χ0v) is 11.8. The van der Waals surface area contributed by atoms with Gasteiger partial charge >= 0.3 is 0 Å². The highest BCUT2D eigenvalue weighted by Crippen LogP contribution is 2.51. The summed E-state index contributed by atoms with van der Waals surface area (Å²) in [5, 5.41) is 11.4. The van der Waals surface area contributed by atoms with Gasteiger partial charge in [-0.1, -0.05) is 35.7 Å². The Bertz CT molecular complexity index is 446. The maximum absolute atomic E-state index is 10.3. The van der Waals surface area contributed by atoms with Crippen molar-refractivity contribution < 1.29 is 5.11 Å². The van der Waals surface area contributed by atoms with E-state index in [2.05, 4.69) is 0 Å². The maximum atomic E-state index is 10.3. The number of hydrogen-bond acceptors (Lipinski definition) is 1. The molecule has 0 spiro atoms. The van der Waals surface area contributed by atoms with Crippen molar-refractivity contribution in [3.05, 3.63) is 33.8 Å². The monoisotopic (exact) mass is 284 g/mol. The van der Waals surface area contributed by atoms with Crippen molar-refractivity contribution in [3.63, 3.8) is 0 Å². The summed E-state index contributed by atoms with van der Waals surface area (Å²) >= 11 is 11.9. The predicted octanol–water partition coefficient (Wildman–Crippen LogP) is 4.85. The van der Waals surface area contributed by atoms with Gasteiger partial charge < -0.3 is 5.11 Å². The quantitative estimate of drug-likeness (QED) is 0.841.